The van der Waals surface area contributed by atoms with Crippen LogP contribution in [0.4, 0.5) is 0 Å². The summed E-state index contributed by atoms with van der Waals surface area (Å²) in [6.45, 7) is 3.28. The van der Waals surface area contributed by atoms with E-state index in [1.807, 2.05) is 25.1 Å². The molecule has 3 N–H and O–H groups in total. The van der Waals surface area contributed by atoms with Gasteiger partial charge in [-0.05, 0) is 56.1 Å². The molecule has 1 amide bonds. The minimum Gasteiger partial charge on any atom is -0.494 e. The minimum absolute atomic E-state index is 0. The Balaban J connectivity index is 0.00000192. The van der Waals surface area contributed by atoms with Crippen LogP contribution in [0.3, 0.4) is 0 Å². The molecule has 4 nitrogen and oxygen atoms in total. The van der Waals surface area contributed by atoms with E-state index < -0.39 is 0 Å². The third-order valence-corrected chi connectivity index (χ3v) is 5.25. The molecule has 4 unspecified atom stereocenters. The molecule has 4 atom stereocenters. The van der Waals surface area contributed by atoms with E-state index in [4.69, 9.17) is 10.5 Å². The second-order valence-corrected chi connectivity index (χ2v) is 6.52. The lowest BCUT2D eigenvalue weighted by Crippen LogP contribution is -2.45. The minimum atomic E-state index is 0. The number of hydrogen-bond acceptors (Lipinski definition) is 3. The molecule has 5 heteroatoms. The van der Waals surface area contributed by atoms with Crippen molar-refractivity contribution in [2.75, 3.05) is 13.2 Å². The molecule has 2 saturated carbocycles. The molecule has 0 aliphatic heterocycles. The van der Waals surface area contributed by atoms with Crippen molar-refractivity contribution in [1.29, 1.82) is 0 Å². The fourth-order valence-electron chi connectivity index (χ4n) is 4.17. The van der Waals surface area contributed by atoms with Gasteiger partial charge in [-0.15, -0.1) is 12.4 Å². The van der Waals surface area contributed by atoms with E-state index in [9.17, 15) is 4.79 Å². The van der Waals surface area contributed by atoms with E-state index in [-0.39, 0.29) is 30.3 Å². The topological polar surface area (TPSA) is 64.3 Å². The molecule has 1 aromatic rings. The summed E-state index contributed by atoms with van der Waals surface area (Å²) in [6, 6.07) is 8.08. The number of hydrogen-bond donors (Lipinski definition) is 2. The highest BCUT2D eigenvalue weighted by molar-refractivity contribution is 5.85. The van der Waals surface area contributed by atoms with Crippen molar-refractivity contribution >= 4 is 18.3 Å². The van der Waals surface area contributed by atoms with Crippen LogP contribution in [0.2, 0.25) is 0 Å². The van der Waals surface area contributed by atoms with Crippen molar-refractivity contribution in [1.82, 2.24) is 5.32 Å². The van der Waals surface area contributed by atoms with Crippen LogP contribution in [-0.2, 0) is 11.2 Å². The van der Waals surface area contributed by atoms with Crippen LogP contribution in [0.1, 0.15) is 31.7 Å². The molecule has 128 valence electrons. The van der Waals surface area contributed by atoms with Gasteiger partial charge in [0.2, 0.25) is 5.91 Å². The van der Waals surface area contributed by atoms with Crippen LogP contribution in [0, 0.1) is 17.8 Å². The summed E-state index contributed by atoms with van der Waals surface area (Å²) in [5, 5.41) is 3.08. The first-order valence-corrected chi connectivity index (χ1v) is 8.44. The van der Waals surface area contributed by atoms with Crippen LogP contribution < -0.4 is 15.8 Å². The number of halogens is 1. The first kappa shape index (κ1) is 18.1. The summed E-state index contributed by atoms with van der Waals surface area (Å²) in [5.74, 6) is 2.17. The summed E-state index contributed by atoms with van der Waals surface area (Å²) >= 11 is 0. The third kappa shape index (κ3) is 3.81. The second kappa shape index (κ2) is 8.02. The van der Waals surface area contributed by atoms with Crippen molar-refractivity contribution in [2.24, 2.45) is 23.5 Å². The van der Waals surface area contributed by atoms with E-state index in [1.54, 1.807) is 0 Å². The third-order valence-electron chi connectivity index (χ3n) is 5.25. The quantitative estimate of drug-likeness (QED) is 0.837. The second-order valence-electron chi connectivity index (χ2n) is 6.52. The Morgan fingerprint density at radius 1 is 1.30 bits per heavy atom. The standard InChI is InChI=1S/C18H26N2O2.ClH/c1-2-22-15-6-4-3-5-12(15)9-10-20-18(21)16-13-7-8-14(11-13)17(16)19;/h3-6,13-14,16-17H,2,7-11,19H2,1H3,(H,20,21);1H. The number of nitrogens with two attached hydrogens (primary N) is 1. The smallest absolute Gasteiger partial charge is 0.224 e. The summed E-state index contributed by atoms with van der Waals surface area (Å²) in [6.07, 6.45) is 4.31. The lowest BCUT2D eigenvalue weighted by Gasteiger charge is -2.27. The van der Waals surface area contributed by atoms with Gasteiger partial charge < -0.3 is 15.8 Å². The molecule has 2 aliphatic rings. The van der Waals surface area contributed by atoms with Gasteiger partial charge in [-0.2, -0.15) is 0 Å². The number of amides is 1. The maximum atomic E-state index is 12.4. The number of fused-ring (bicyclic) bond motifs is 2. The summed E-state index contributed by atoms with van der Waals surface area (Å²) in [4.78, 5) is 12.4. The Morgan fingerprint density at radius 2 is 2.04 bits per heavy atom. The molecule has 2 fully saturated rings. The highest BCUT2D eigenvalue weighted by Crippen LogP contribution is 2.47. The van der Waals surface area contributed by atoms with Gasteiger partial charge in [0, 0.05) is 12.6 Å². The van der Waals surface area contributed by atoms with Crippen LogP contribution in [0.15, 0.2) is 24.3 Å². The number of ether oxygens (including phenoxy) is 1. The Labute approximate surface area is 144 Å². The van der Waals surface area contributed by atoms with E-state index in [0.717, 1.165) is 24.2 Å². The summed E-state index contributed by atoms with van der Waals surface area (Å²) < 4.78 is 5.62. The van der Waals surface area contributed by atoms with Gasteiger partial charge in [0.25, 0.3) is 0 Å². The monoisotopic (exact) mass is 338 g/mol. The van der Waals surface area contributed by atoms with E-state index in [1.165, 1.54) is 12.8 Å². The maximum Gasteiger partial charge on any atom is 0.224 e. The van der Waals surface area contributed by atoms with Gasteiger partial charge in [-0.25, -0.2) is 0 Å². The van der Waals surface area contributed by atoms with E-state index in [0.29, 0.717) is 25.0 Å². The number of carbonyl (C=O) groups is 1. The first-order chi connectivity index (χ1) is 10.7. The molecular formula is C18H27ClN2O2. The van der Waals surface area contributed by atoms with Crippen LogP contribution in [0.25, 0.3) is 0 Å². The normalized spacial score (nSPS) is 28.3. The van der Waals surface area contributed by atoms with Gasteiger partial charge in [0.05, 0.1) is 12.5 Å². The molecule has 0 saturated heterocycles. The number of nitrogens with one attached hydrogen (secondary N) is 1. The molecule has 0 aromatic heterocycles. The van der Waals surface area contributed by atoms with Gasteiger partial charge >= 0.3 is 0 Å². The van der Waals surface area contributed by atoms with Crippen LogP contribution in [0.5, 0.6) is 5.75 Å². The molecular weight excluding hydrogens is 312 g/mol. The predicted octanol–water partition coefficient (Wildman–Crippen LogP) is 2.54. The fraction of sp³-hybridized carbons (Fsp3) is 0.611. The van der Waals surface area contributed by atoms with E-state index in [2.05, 4.69) is 11.4 Å². The molecule has 2 aliphatic carbocycles. The number of rotatable bonds is 6. The molecule has 1 aromatic carbocycles. The largest absolute Gasteiger partial charge is 0.494 e. The summed E-state index contributed by atoms with van der Waals surface area (Å²) in [5.41, 5.74) is 7.37. The molecule has 3 rings (SSSR count). The SMILES string of the molecule is CCOc1ccccc1CCNC(=O)C1C2CCC(C2)C1N.Cl. The average Bonchev–Trinajstić information content (AvgIpc) is 3.10. The number of para-hydroxylation sites is 1. The highest BCUT2D eigenvalue weighted by atomic mass is 35.5. The van der Waals surface area contributed by atoms with Crippen LogP contribution >= 0.6 is 12.4 Å². The van der Waals surface area contributed by atoms with Crippen molar-refractivity contribution < 1.29 is 9.53 Å². The lowest BCUT2D eigenvalue weighted by atomic mass is 9.84. The van der Waals surface area contributed by atoms with Crippen molar-refractivity contribution in [3.8, 4) is 5.75 Å². The Hall–Kier alpha value is -1.26. The van der Waals surface area contributed by atoms with Gasteiger partial charge in [0.15, 0.2) is 0 Å². The fourth-order valence-corrected chi connectivity index (χ4v) is 4.17. The Morgan fingerprint density at radius 3 is 2.74 bits per heavy atom. The zero-order valence-corrected chi connectivity index (χ0v) is 14.5. The van der Waals surface area contributed by atoms with Crippen molar-refractivity contribution in [2.45, 2.75) is 38.6 Å². The van der Waals surface area contributed by atoms with Crippen LogP contribution in [-0.4, -0.2) is 25.1 Å². The zero-order chi connectivity index (χ0) is 15.5. The number of carbonyl (C=O) groups excluding carboxylic acids is 1. The first-order valence-electron chi connectivity index (χ1n) is 8.44. The molecule has 0 heterocycles. The van der Waals surface area contributed by atoms with Gasteiger partial charge in [0.1, 0.15) is 5.75 Å². The predicted molar refractivity (Wildman–Crippen MR) is 93.9 cm³/mol. The zero-order valence-electron chi connectivity index (χ0n) is 13.7. The van der Waals surface area contributed by atoms with Gasteiger partial charge in [-0.1, -0.05) is 18.2 Å². The molecule has 0 spiro atoms. The summed E-state index contributed by atoms with van der Waals surface area (Å²) in [7, 11) is 0. The Kier molecular flexibility index (Phi) is 6.31. The Bertz CT molecular complexity index is 536. The van der Waals surface area contributed by atoms with Gasteiger partial charge in [-0.3, -0.25) is 4.79 Å². The highest BCUT2D eigenvalue weighted by Gasteiger charge is 2.48. The van der Waals surface area contributed by atoms with Crippen molar-refractivity contribution in [3.05, 3.63) is 29.8 Å². The lowest BCUT2D eigenvalue weighted by molar-refractivity contribution is -0.127. The molecule has 23 heavy (non-hydrogen) atoms. The molecule has 0 radical (unpaired) electrons. The average molecular weight is 339 g/mol. The van der Waals surface area contributed by atoms with E-state index >= 15 is 0 Å². The van der Waals surface area contributed by atoms with Crippen molar-refractivity contribution in [3.63, 3.8) is 0 Å². The molecule has 2 bridgehead atoms. The number of benzene rings is 1. The maximum absolute atomic E-state index is 12.4.